The first-order valence-corrected chi connectivity index (χ1v) is 10.8. The standard InChI is InChI=1S/C29H19NO2/c1-18-7-6-10-21(15-18)30-24-12-5-4-11-22(24)23-13-14-25-29(28(23)30)32-27-17-20-9-3-2-8-19(20)16-26(27)31-25/h2-17H,1H3. The quantitative estimate of drug-likeness (QED) is 0.271. The molecule has 0 unspecified atom stereocenters. The number of rotatable bonds is 1. The van der Waals surface area contributed by atoms with Crippen molar-refractivity contribution >= 4 is 32.6 Å². The molecule has 0 radical (unpaired) electrons. The first-order chi connectivity index (χ1) is 15.8. The summed E-state index contributed by atoms with van der Waals surface area (Å²) in [6.45, 7) is 2.12. The third-order valence-corrected chi connectivity index (χ3v) is 6.26. The van der Waals surface area contributed by atoms with Crippen LogP contribution in [0.4, 0.5) is 0 Å². The molecular formula is C29H19NO2. The number of ether oxygens (including phenoxy) is 2. The zero-order chi connectivity index (χ0) is 21.2. The lowest BCUT2D eigenvalue weighted by Crippen LogP contribution is -2.02. The molecule has 152 valence electrons. The number of para-hydroxylation sites is 1. The zero-order valence-corrected chi connectivity index (χ0v) is 17.5. The summed E-state index contributed by atoms with van der Waals surface area (Å²) in [4.78, 5) is 0. The number of hydrogen-bond donors (Lipinski definition) is 0. The highest BCUT2D eigenvalue weighted by Crippen LogP contribution is 2.51. The van der Waals surface area contributed by atoms with Gasteiger partial charge in [0.2, 0.25) is 0 Å². The van der Waals surface area contributed by atoms with E-state index in [0.717, 1.165) is 55.9 Å². The highest BCUT2D eigenvalue weighted by atomic mass is 16.6. The molecule has 1 aliphatic heterocycles. The fourth-order valence-electron chi connectivity index (χ4n) is 4.81. The van der Waals surface area contributed by atoms with Gasteiger partial charge in [-0.3, -0.25) is 0 Å². The third-order valence-electron chi connectivity index (χ3n) is 6.26. The van der Waals surface area contributed by atoms with Gasteiger partial charge in [0.1, 0.15) is 5.52 Å². The van der Waals surface area contributed by atoms with E-state index in [4.69, 9.17) is 9.47 Å². The van der Waals surface area contributed by atoms with Gasteiger partial charge >= 0.3 is 0 Å². The number of fused-ring (bicyclic) bond motifs is 7. The minimum absolute atomic E-state index is 0.733. The monoisotopic (exact) mass is 413 g/mol. The topological polar surface area (TPSA) is 23.4 Å². The Bertz CT molecular complexity index is 1690. The summed E-state index contributed by atoms with van der Waals surface area (Å²) in [6, 6.07) is 33.6. The van der Waals surface area contributed by atoms with Crippen molar-refractivity contribution in [3.63, 3.8) is 0 Å². The third kappa shape index (κ3) is 2.42. The largest absolute Gasteiger partial charge is 0.449 e. The van der Waals surface area contributed by atoms with Crippen LogP contribution in [0.15, 0.2) is 97.1 Å². The Hall–Kier alpha value is -4.24. The van der Waals surface area contributed by atoms with Gasteiger partial charge in [0.15, 0.2) is 23.0 Å². The Morgan fingerprint density at radius 1 is 0.594 bits per heavy atom. The van der Waals surface area contributed by atoms with E-state index in [2.05, 4.69) is 84.3 Å². The predicted octanol–water partition coefficient (Wildman–Crippen LogP) is 8.14. The molecule has 32 heavy (non-hydrogen) atoms. The molecule has 5 aromatic carbocycles. The first-order valence-electron chi connectivity index (χ1n) is 10.8. The molecule has 0 N–H and O–H groups in total. The SMILES string of the molecule is Cc1cccc(-n2c3ccccc3c3ccc4c(c32)Oc2cc3ccccc3cc2O4)c1. The van der Waals surface area contributed by atoms with Crippen LogP contribution in [-0.4, -0.2) is 4.57 Å². The van der Waals surface area contributed by atoms with Crippen LogP contribution in [-0.2, 0) is 0 Å². The summed E-state index contributed by atoms with van der Waals surface area (Å²) < 4.78 is 15.2. The zero-order valence-electron chi connectivity index (χ0n) is 17.5. The number of nitrogens with zero attached hydrogens (tertiary/aromatic N) is 1. The molecule has 3 nitrogen and oxygen atoms in total. The molecule has 3 heteroatoms. The van der Waals surface area contributed by atoms with Crippen molar-refractivity contribution in [2.75, 3.05) is 0 Å². The second-order valence-electron chi connectivity index (χ2n) is 8.33. The molecule has 0 amide bonds. The Balaban J connectivity index is 1.55. The van der Waals surface area contributed by atoms with Gasteiger partial charge in [0.25, 0.3) is 0 Å². The fourth-order valence-corrected chi connectivity index (χ4v) is 4.81. The van der Waals surface area contributed by atoms with Gasteiger partial charge in [-0.1, -0.05) is 54.6 Å². The van der Waals surface area contributed by atoms with Crippen molar-refractivity contribution in [3.8, 4) is 28.7 Å². The van der Waals surface area contributed by atoms with Gasteiger partial charge in [-0.05, 0) is 65.7 Å². The van der Waals surface area contributed by atoms with Crippen molar-refractivity contribution in [1.82, 2.24) is 4.57 Å². The van der Waals surface area contributed by atoms with E-state index in [-0.39, 0.29) is 0 Å². The maximum absolute atomic E-state index is 6.57. The highest BCUT2D eigenvalue weighted by Gasteiger charge is 2.26. The van der Waals surface area contributed by atoms with Crippen LogP contribution >= 0.6 is 0 Å². The van der Waals surface area contributed by atoms with Crippen LogP contribution in [0.3, 0.4) is 0 Å². The number of hydrogen-bond acceptors (Lipinski definition) is 2. The molecule has 0 fully saturated rings. The van der Waals surface area contributed by atoms with Crippen molar-refractivity contribution < 1.29 is 9.47 Å². The van der Waals surface area contributed by atoms with Gasteiger partial charge < -0.3 is 14.0 Å². The van der Waals surface area contributed by atoms with Gasteiger partial charge in [0, 0.05) is 16.5 Å². The predicted molar refractivity (Wildman–Crippen MR) is 130 cm³/mol. The molecule has 0 bridgehead atoms. The van der Waals surface area contributed by atoms with E-state index in [1.54, 1.807) is 0 Å². The Morgan fingerprint density at radius 3 is 2.16 bits per heavy atom. The normalized spacial score (nSPS) is 12.4. The van der Waals surface area contributed by atoms with Crippen molar-refractivity contribution in [3.05, 3.63) is 103 Å². The van der Waals surface area contributed by atoms with E-state index in [9.17, 15) is 0 Å². The molecule has 7 rings (SSSR count). The van der Waals surface area contributed by atoms with Crippen LogP contribution in [0.2, 0.25) is 0 Å². The average molecular weight is 413 g/mol. The molecule has 0 atom stereocenters. The lowest BCUT2D eigenvalue weighted by molar-refractivity contribution is 0.363. The van der Waals surface area contributed by atoms with Gasteiger partial charge in [-0.15, -0.1) is 0 Å². The van der Waals surface area contributed by atoms with Crippen LogP contribution in [0, 0.1) is 6.92 Å². The summed E-state index contributed by atoms with van der Waals surface area (Å²) in [5.74, 6) is 2.97. The Morgan fingerprint density at radius 2 is 1.34 bits per heavy atom. The minimum atomic E-state index is 0.733. The van der Waals surface area contributed by atoms with Crippen LogP contribution in [0.25, 0.3) is 38.3 Å². The van der Waals surface area contributed by atoms with E-state index in [0.29, 0.717) is 0 Å². The highest BCUT2D eigenvalue weighted by molar-refractivity contribution is 6.12. The van der Waals surface area contributed by atoms with E-state index < -0.39 is 0 Å². The molecular weight excluding hydrogens is 394 g/mol. The molecule has 1 aliphatic rings. The van der Waals surface area contributed by atoms with Gasteiger partial charge in [0.05, 0.1) is 5.52 Å². The summed E-state index contributed by atoms with van der Waals surface area (Å²) in [5.41, 5.74) is 4.49. The first kappa shape index (κ1) is 17.4. The summed E-state index contributed by atoms with van der Waals surface area (Å²) >= 11 is 0. The van der Waals surface area contributed by atoms with E-state index in [1.807, 2.05) is 24.3 Å². The lowest BCUT2D eigenvalue weighted by Gasteiger charge is -2.23. The maximum atomic E-state index is 6.57. The molecule has 1 aromatic heterocycles. The van der Waals surface area contributed by atoms with Crippen molar-refractivity contribution in [2.45, 2.75) is 6.92 Å². The molecule has 0 spiro atoms. The number of aromatic nitrogens is 1. The van der Waals surface area contributed by atoms with Gasteiger partial charge in [-0.2, -0.15) is 0 Å². The van der Waals surface area contributed by atoms with Gasteiger partial charge in [-0.25, -0.2) is 0 Å². The minimum Gasteiger partial charge on any atom is -0.449 e. The smallest absolute Gasteiger partial charge is 0.194 e. The lowest BCUT2D eigenvalue weighted by atomic mass is 10.1. The van der Waals surface area contributed by atoms with E-state index in [1.165, 1.54) is 10.9 Å². The maximum Gasteiger partial charge on any atom is 0.194 e. The second kappa shape index (κ2) is 6.38. The summed E-state index contributed by atoms with van der Waals surface area (Å²) in [7, 11) is 0. The summed E-state index contributed by atoms with van der Waals surface area (Å²) in [6.07, 6.45) is 0. The van der Waals surface area contributed by atoms with Crippen LogP contribution in [0.1, 0.15) is 5.56 Å². The van der Waals surface area contributed by atoms with E-state index >= 15 is 0 Å². The van der Waals surface area contributed by atoms with Crippen LogP contribution in [0.5, 0.6) is 23.0 Å². The fraction of sp³-hybridized carbons (Fsp3) is 0.0345. The number of aryl methyl sites for hydroxylation is 1. The Kier molecular flexibility index (Phi) is 3.48. The number of benzene rings is 5. The van der Waals surface area contributed by atoms with Crippen molar-refractivity contribution in [1.29, 1.82) is 0 Å². The molecule has 6 aromatic rings. The average Bonchev–Trinajstić information content (AvgIpc) is 3.16. The Labute approximate surface area is 185 Å². The second-order valence-corrected chi connectivity index (χ2v) is 8.33. The molecule has 0 aliphatic carbocycles. The van der Waals surface area contributed by atoms with Crippen molar-refractivity contribution in [2.24, 2.45) is 0 Å². The van der Waals surface area contributed by atoms with Crippen LogP contribution < -0.4 is 9.47 Å². The molecule has 2 heterocycles. The molecule has 0 saturated carbocycles. The molecule has 0 saturated heterocycles. The summed E-state index contributed by atoms with van der Waals surface area (Å²) in [5, 5.41) is 4.60.